The molecule has 2 aromatic rings. The second kappa shape index (κ2) is 6.61. The molecule has 0 aromatic heterocycles. The van der Waals surface area contributed by atoms with Gasteiger partial charge in [0.25, 0.3) is 0 Å². The van der Waals surface area contributed by atoms with Gasteiger partial charge in [-0.05, 0) is 17.7 Å². The summed E-state index contributed by atoms with van der Waals surface area (Å²) in [6, 6.07) is 11.5. The minimum absolute atomic E-state index is 0. The van der Waals surface area contributed by atoms with Crippen LogP contribution >= 0.6 is 0 Å². The van der Waals surface area contributed by atoms with Gasteiger partial charge in [-0.1, -0.05) is 30.3 Å². The van der Waals surface area contributed by atoms with Crippen molar-refractivity contribution in [1.29, 1.82) is 0 Å². The Morgan fingerprint density at radius 2 is 1.53 bits per heavy atom. The van der Waals surface area contributed by atoms with Gasteiger partial charge in [-0.15, -0.1) is 0 Å². The number of benzene rings is 2. The predicted octanol–water partition coefficient (Wildman–Crippen LogP) is 1.58. The number of phenols is 3. The van der Waals surface area contributed by atoms with Crippen molar-refractivity contribution in [3.05, 3.63) is 53.6 Å². The Hall–Kier alpha value is -1.49. The standard InChI is InChI=1S/C14H12O4.Na.H/c15-11-7-6-10(13(17)14(11)18)12(16)8-9-4-2-1-3-5-9;;/h1-7,15,17-18H,8H2;;. The molecule has 0 aliphatic heterocycles. The van der Waals surface area contributed by atoms with Crippen LogP contribution in [0.1, 0.15) is 15.9 Å². The third kappa shape index (κ3) is 3.50. The number of ketones is 1. The van der Waals surface area contributed by atoms with Gasteiger partial charge in [0.05, 0.1) is 5.56 Å². The fourth-order valence-electron chi connectivity index (χ4n) is 1.67. The number of Topliss-reactive ketones (excluding diaryl/α,β-unsaturated/α-hetero) is 1. The summed E-state index contributed by atoms with van der Waals surface area (Å²) in [5, 5.41) is 28.1. The molecular formula is C14H13NaO4. The van der Waals surface area contributed by atoms with Crippen molar-refractivity contribution in [1.82, 2.24) is 0 Å². The van der Waals surface area contributed by atoms with E-state index in [4.69, 9.17) is 0 Å². The molecule has 0 fully saturated rings. The monoisotopic (exact) mass is 268 g/mol. The van der Waals surface area contributed by atoms with Crippen LogP contribution in [0.25, 0.3) is 0 Å². The Morgan fingerprint density at radius 1 is 0.895 bits per heavy atom. The van der Waals surface area contributed by atoms with Crippen LogP contribution in [-0.2, 0) is 6.42 Å². The van der Waals surface area contributed by atoms with Crippen LogP contribution in [0.2, 0.25) is 0 Å². The number of aromatic hydroxyl groups is 3. The Labute approximate surface area is 132 Å². The quantitative estimate of drug-likeness (QED) is 0.448. The maximum atomic E-state index is 11.9. The first kappa shape index (κ1) is 15.6. The first-order valence-electron chi connectivity index (χ1n) is 5.40. The van der Waals surface area contributed by atoms with Crippen molar-refractivity contribution < 1.29 is 20.1 Å². The van der Waals surface area contributed by atoms with Gasteiger partial charge >= 0.3 is 29.6 Å². The summed E-state index contributed by atoms with van der Waals surface area (Å²) >= 11 is 0. The maximum absolute atomic E-state index is 11.9. The second-order valence-corrected chi connectivity index (χ2v) is 3.92. The zero-order valence-corrected chi connectivity index (χ0v) is 9.50. The summed E-state index contributed by atoms with van der Waals surface area (Å²) in [4.78, 5) is 11.9. The van der Waals surface area contributed by atoms with E-state index in [-0.39, 0.29) is 47.3 Å². The average molecular weight is 268 g/mol. The molecule has 0 aliphatic rings. The van der Waals surface area contributed by atoms with Gasteiger partial charge in [0.2, 0.25) is 5.75 Å². The zero-order valence-electron chi connectivity index (χ0n) is 9.50. The molecule has 4 nitrogen and oxygen atoms in total. The average Bonchev–Trinajstić information content (AvgIpc) is 2.37. The van der Waals surface area contributed by atoms with E-state index in [1.165, 1.54) is 12.1 Å². The second-order valence-electron chi connectivity index (χ2n) is 3.92. The van der Waals surface area contributed by atoms with Crippen LogP contribution < -0.4 is 0 Å². The van der Waals surface area contributed by atoms with E-state index in [0.29, 0.717) is 0 Å². The molecule has 0 atom stereocenters. The number of hydrogen-bond acceptors (Lipinski definition) is 4. The van der Waals surface area contributed by atoms with Crippen LogP contribution in [0.5, 0.6) is 17.2 Å². The van der Waals surface area contributed by atoms with Crippen molar-refractivity contribution in [3.8, 4) is 17.2 Å². The van der Waals surface area contributed by atoms with Crippen molar-refractivity contribution >= 4 is 35.3 Å². The van der Waals surface area contributed by atoms with E-state index in [1.807, 2.05) is 18.2 Å². The zero-order chi connectivity index (χ0) is 13.1. The molecular weight excluding hydrogens is 255 g/mol. The van der Waals surface area contributed by atoms with Crippen LogP contribution in [0.15, 0.2) is 42.5 Å². The van der Waals surface area contributed by atoms with Crippen LogP contribution in [0.4, 0.5) is 0 Å². The Kier molecular flexibility index (Phi) is 5.42. The van der Waals surface area contributed by atoms with E-state index < -0.39 is 17.2 Å². The van der Waals surface area contributed by atoms with E-state index in [0.717, 1.165) is 5.56 Å². The third-order valence-electron chi connectivity index (χ3n) is 2.64. The number of carbonyl (C=O) groups is 1. The fraction of sp³-hybridized carbons (Fsp3) is 0.0714. The van der Waals surface area contributed by atoms with Crippen molar-refractivity contribution in [2.24, 2.45) is 0 Å². The summed E-state index contributed by atoms with van der Waals surface area (Å²) in [5.41, 5.74) is 0.809. The van der Waals surface area contributed by atoms with Crippen molar-refractivity contribution in [3.63, 3.8) is 0 Å². The van der Waals surface area contributed by atoms with Gasteiger partial charge in [-0.3, -0.25) is 4.79 Å². The van der Waals surface area contributed by atoms with Crippen molar-refractivity contribution in [2.75, 3.05) is 0 Å². The van der Waals surface area contributed by atoms with Gasteiger partial charge in [-0.2, -0.15) is 0 Å². The Bertz CT molecular complexity index is 581. The number of hydrogen-bond donors (Lipinski definition) is 3. The van der Waals surface area contributed by atoms with E-state index in [1.54, 1.807) is 12.1 Å². The molecule has 0 radical (unpaired) electrons. The van der Waals surface area contributed by atoms with Gasteiger partial charge in [0, 0.05) is 6.42 Å². The molecule has 0 saturated carbocycles. The molecule has 0 aliphatic carbocycles. The first-order valence-corrected chi connectivity index (χ1v) is 5.40. The van der Waals surface area contributed by atoms with E-state index >= 15 is 0 Å². The molecule has 3 N–H and O–H groups in total. The van der Waals surface area contributed by atoms with Crippen molar-refractivity contribution in [2.45, 2.75) is 6.42 Å². The molecule has 94 valence electrons. The van der Waals surface area contributed by atoms with Gasteiger partial charge in [0.1, 0.15) is 0 Å². The van der Waals surface area contributed by atoms with Crippen LogP contribution in [-0.4, -0.2) is 50.7 Å². The van der Waals surface area contributed by atoms with Crippen LogP contribution in [0.3, 0.4) is 0 Å². The van der Waals surface area contributed by atoms with Crippen LogP contribution in [0, 0.1) is 0 Å². The minimum atomic E-state index is -0.672. The Balaban J connectivity index is 0.00000180. The predicted molar refractivity (Wildman–Crippen MR) is 73.1 cm³/mol. The molecule has 0 heterocycles. The SMILES string of the molecule is O=C(Cc1ccccc1)c1ccc(O)c(O)c1O.[NaH]. The summed E-state index contributed by atoms with van der Waals surface area (Å²) in [5.74, 6) is -2.04. The molecule has 5 heteroatoms. The number of phenolic OH excluding ortho intramolecular Hbond substituents is 3. The van der Waals surface area contributed by atoms with E-state index in [2.05, 4.69) is 0 Å². The molecule has 0 unspecified atom stereocenters. The molecule has 19 heavy (non-hydrogen) atoms. The topological polar surface area (TPSA) is 77.8 Å². The molecule has 0 spiro atoms. The fourth-order valence-corrected chi connectivity index (χ4v) is 1.67. The summed E-state index contributed by atoms with van der Waals surface area (Å²) in [6.07, 6.45) is 0.124. The molecule has 0 saturated heterocycles. The van der Waals surface area contributed by atoms with Gasteiger partial charge < -0.3 is 15.3 Å². The third-order valence-corrected chi connectivity index (χ3v) is 2.64. The van der Waals surface area contributed by atoms with Gasteiger partial charge in [0.15, 0.2) is 17.3 Å². The number of carbonyl (C=O) groups excluding carboxylic acids is 1. The first-order chi connectivity index (χ1) is 8.59. The summed E-state index contributed by atoms with van der Waals surface area (Å²) in [7, 11) is 0. The molecule has 2 rings (SSSR count). The molecule has 0 bridgehead atoms. The normalized spacial score (nSPS) is 9.68. The molecule has 0 amide bonds. The molecule has 2 aromatic carbocycles. The Morgan fingerprint density at radius 3 is 2.16 bits per heavy atom. The number of rotatable bonds is 3. The summed E-state index contributed by atoms with van der Waals surface area (Å²) in [6.45, 7) is 0. The summed E-state index contributed by atoms with van der Waals surface area (Å²) < 4.78 is 0. The van der Waals surface area contributed by atoms with Gasteiger partial charge in [-0.25, -0.2) is 0 Å². The van der Waals surface area contributed by atoms with E-state index in [9.17, 15) is 20.1 Å².